The van der Waals surface area contributed by atoms with Crippen LogP contribution in [0.25, 0.3) is 0 Å². The van der Waals surface area contributed by atoms with Crippen molar-refractivity contribution in [1.29, 1.82) is 0 Å². The van der Waals surface area contributed by atoms with E-state index < -0.39 is 0 Å². The van der Waals surface area contributed by atoms with Crippen molar-refractivity contribution < 1.29 is 9.90 Å². The van der Waals surface area contributed by atoms with Crippen molar-refractivity contribution in [1.82, 2.24) is 5.32 Å². The predicted molar refractivity (Wildman–Crippen MR) is 79.9 cm³/mol. The molecule has 0 spiro atoms. The molecule has 0 bridgehead atoms. The van der Waals surface area contributed by atoms with E-state index in [-0.39, 0.29) is 17.2 Å². The van der Waals surface area contributed by atoms with Crippen molar-refractivity contribution in [3.05, 3.63) is 29.3 Å². The molecule has 0 saturated heterocycles. The summed E-state index contributed by atoms with van der Waals surface area (Å²) in [6, 6.07) is 5.11. The summed E-state index contributed by atoms with van der Waals surface area (Å²) >= 11 is 3.52. The average Bonchev–Trinajstić information content (AvgIpc) is 2.42. The molecule has 0 heterocycles. The summed E-state index contributed by atoms with van der Waals surface area (Å²) in [6.07, 6.45) is 5.52. The van der Waals surface area contributed by atoms with Crippen molar-refractivity contribution in [2.24, 2.45) is 0 Å². The lowest BCUT2D eigenvalue weighted by Gasteiger charge is -2.36. The van der Waals surface area contributed by atoms with Crippen LogP contribution in [-0.2, 0) is 0 Å². The molecule has 4 heteroatoms. The Kier molecular flexibility index (Phi) is 4.50. The highest BCUT2D eigenvalue weighted by molar-refractivity contribution is 9.09. The van der Waals surface area contributed by atoms with Gasteiger partial charge in [0.05, 0.1) is 11.1 Å². The van der Waals surface area contributed by atoms with Gasteiger partial charge in [-0.05, 0) is 31.9 Å². The van der Waals surface area contributed by atoms with E-state index in [4.69, 9.17) is 0 Å². The molecule has 1 saturated carbocycles. The van der Waals surface area contributed by atoms with Crippen LogP contribution in [0.5, 0.6) is 5.75 Å². The van der Waals surface area contributed by atoms with Gasteiger partial charge in [0, 0.05) is 5.33 Å². The third kappa shape index (κ3) is 3.30. The Labute approximate surface area is 122 Å². The van der Waals surface area contributed by atoms with Gasteiger partial charge < -0.3 is 10.4 Å². The maximum atomic E-state index is 12.4. The first kappa shape index (κ1) is 14.4. The van der Waals surface area contributed by atoms with E-state index >= 15 is 0 Å². The summed E-state index contributed by atoms with van der Waals surface area (Å²) in [7, 11) is 0. The van der Waals surface area contributed by atoms with Crippen molar-refractivity contribution in [3.63, 3.8) is 0 Å². The number of alkyl halides is 1. The lowest BCUT2D eigenvalue weighted by atomic mass is 9.83. The summed E-state index contributed by atoms with van der Waals surface area (Å²) in [6.45, 7) is 1.91. The van der Waals surface area contributed by atoms with Crippen LogP contribution in [0.2, 0.25) is 0 Å². The second kappa shape index (κ2) is 5.95. The minimum absolute atomic E-state index is 0.0450. The molecule has 0 atom stereocenters. The minimum Gasteiger partial charge on any atom is -0.507 e. The van der Waals surface area contributed by atoms with Gasteiger partial charge >= 0.3 is 0 Å². The molecule has 0 aromatic heterocycles. The van der Waals surface area contributed by atoms with Gasteiger partial charge in [0.1, 0.15) is 5.75 Å². The van der Waals surface area contributed by atoms with Crippen LogP contribution in [0, 0.1) is 6.92 Å². The van der Waals surface area contributed by atoms with E-state index in [0.29, 0.717) is 5.56 Å². The smallest absolute Gasteiger partial charge is 0.255 e. The highest BCUT2D eigenvalue weighted by Gasteiger charge is 2.33. The maximum absolute atomic E-state index is 12.4. The summed E-state index contributed by atoms with van der Waals surface area (Å²) in [5.74, 6) is -0.133. The Morgan fingerprint density at radius 1 is 1.37 bits per heavy atom. The predicted octanol–water partition coefficient (Wildman–Crippen LogP) is 3.53. The molecule has 1 fully saturated rings. The lowest BCUT2D eigenvalue weighted by molar-refractivity contribution is 0.0883. The molecular weight excluding hydrogens is 306 g/mol. The third-order valence-electron chi connectivity index (χ3n) is 3.84. The fourth-order valence-electron chi connectivity index (χ4n) is 2.66. The molecule has 1 aromatic carbocycles. The van der Waals surface area contributed by atoms with E-state index in [0.717, 1.165) is 36.6 Å². The molecule has 0 aliphatic heterocycles. The van der Waals surface area contributed by atoms with Crippen LogP contribution in [0.1, 0.15) is 48.0 Å². The van der Waals surface area contributed by atoms with Crippen LogP contribution < -0.4 is 5.32 Å². The normalized spacial score (nSPS) is 18.0. The number of carbonyl (C=O) groups excluding carboxylic acids is 1. The Morgan fingerprint density at radius 2 is 2.05 bits per heavy atom. The summed E-state index contributed by atoms with van der Waals surface area (Å²) < 4.78 is 0. The van der Waals surface area contributed by atoms with Crippen molar-refractivity contribution in [2.45, 2.75) is 44.6 Å². The highest BCUT2D eigenvalue weighted by Crippen LogP contribution is 2.30. The molecular formula is C15H20BrNO2. The molecule has 0 unspecified atom stereocenters. The Morgan fingerprint density at radius 3 is 2.68 bits per heavy atom. The molecule has 19 heavy (non-hydrogen) atoms. The Balaban J connectivity index is 2.17. The van der Waals surface area contributed by atoms with E-state index in [1.807, 2.05) is 6.92 Å². The minimum atomic E-state index is -0.178. The number of benzene rings is 1. The molecule has 1 amide bonds. The number of carbonyl (C=O) groups is 1. The molecule has 3 nitrogen and oxygen atoms in total. The van der Waals surface area contributed by atoms with Gasteiger partial charge in [-0.25, -0.2) is 0 Å². The van der Waals surface area contributed by atoms with E-state index in [1.54, 1.807) is 18.2 Å². The van der Waals surface area contributed by atoms with Crippen LogP contribution in [0.15, 0.2) is 18.2 Å². The first-order valence-corrected chi connectivity index (χ1v) is 7.87. The van der Waals surface area contributed by atoms with Crippen LogP contribution >= 0.6 is 15.9 Å². The number of aromatic hydroxyl groups is 1. The first-order chi connectivity index (χ1) is 9.06. The lowest BCUT2D eigenvalue weighted by Crippen LogP contribution is -2.51. The fourth-order valence-corrected chi connectivity index (χ4v) is 3.36. The number of hydrogen-bond donors (Lipinski definition) is 2. The monoisotopic (exact) mass is 325 g/mol. The molecule has 104 valence electrons. The van der Waals surface area contributed by atoms with E-state index in [9.17, 15) is 9.90 Å². The molecule has 1 aliphatic carbocycles. The number of phenolic OH excluding ortho intramolecular Hbond substituents is 1. The molecule has 2 rings (SSSR count). The summed E-state index contributed by atoms with van der Waals surface area (Å²) in [5.41, 5.74) is 1.18. The fraction of sp³-hybridized carbons (Fsp3) is 0.533. The zero-order valence-corrected chi connectivity index (χ0v) is 12.8. The van der Waals surface area contributed by atoms with E-state index in [1.165, 1.54) is 6.42 Å². The molecule has 1 aromatic rings. The van der Waals surface area contributed by atoms with Crippen molar-refractivity contribution in [2.75, 3.05) is 5.33 Å². The van der Waals surface area contributed by atoms with E-state index in [2.05, 4.69) is 21.2 Å². The van der Waals surface area contributed by atoms with Gasteiger partial charge in [-0.2, -0.15) is 0 Å². The highest BCUT2D eigenvalue weighted by atomic mass is 79.9. The Bertz CT molecular complexity index is 467. The van der Waals surface area contributed by atoms with Gasteiger partial charge in [-0.15, -0.1) is 0 Å². The number of rotatable bonds is 3. The van der Waals surface area contributed by atoms with Gasteiger partial charge in [0.15, 0.2) is 0 Å². The number of phenols is 1. The van der Waals surface area contributed by atoms with Gasteiger partial charge in [-0.3, -0.25) is 4.79 Å². The van der Waals surface area contributed by atoms with Gasteiger partial charge in [0.25, 0.3) is 5.91 Å². The van der Waals surface area contributed by atoms with Gasteiger partial charge in [0.2, 0.25) is 0 Å². The quantitative estimate of drug-likeness (QED) is 0.835. The van der Waals surface area contributed by atoms with Gasteiger partial charge in [-0.1, -0.05) is 46.8 Å². The topological polar surface area (TPSA) is 49.3 Å². The number of hydrogen-bond acceptors (Lipinski definition) is 2. The zero-order chi connectivity index (χ0) is 13.9. The third-order valence-corrected chi connectivity index (χ3v) is 4.92. The second-order valence-corrected chi connectivity index (χ2v) is 6.01. The van der Waals surface area contributed by atoms with Crippen LogP contribution in [0.3, 0.4) is 0 Å². The van der Waals surface area contributed by atoms with Crippen LogP contribution in [0.4, 0.5) is 0 Å². The SMILES string of the molecule is Cc1ccc(O)c(C(=O)NC2(CBr)CCCCC2)c1. The van der Waals surface area contributed by atoms with Crippen molar-refractivity contribution in [3.8, 4) is 5.75 Å². The van der Waals surface area contributed by atoms with Crippen LogP contribution in [-0.4, -0.2) is 21.9 Å². The summed E-state index contributed by atoms with van der Waals surface area (Å²) in [4.78, 5) is 12.4. The number of aryl methyl sites for hydroxylation is 1. The zero-order valence-electron chi connectivity index (χ0n) is 11.2. The maximum Gasteiger partial charge on any atom is 0.255 e. The summed E-state index contributed by atoms with van der Waals surface area (Å²) in [5, 5.41) is 13.7. The first-order valence-electron chi connectivity index (χ1n) is 6.74. The van der Waals surface area contributed by atoms with Crippen molar-refractivity contribution >= 4 is 21.8 Å². The molecule has 0 radical (unpaired) electrons. The second-order valence-electron chi connectivity index (χ2n) is 5.45. The molecule has 1 aliphatic rings. The number of amides is 1. The number of nitrogens with one attached hydrogen (secondary N) is 1. The average molecular weight is 326 g/mol. The molecule has 2 N–H and O–H groups in total. The standard InChI is InChI=1S/C15H20BrNO2/c1-11-5-6-13(18)12(9-11)14(19)17-15(10-16)7-3-2-4-8-15/h5-6,9,18H,2-4,7-8,10H2,1H3,(H,17,19). The number of halogens is 1. The largest absolute Gasteiger partial charge is 0.507 e. The Hall–Kier alpha value is -1.03.